The first-order valence-corrected chi connectivity index (χ1v) is 42.7. The summed E-state index contributed by atoms with van der Waals surface area (Å²) in [5.74, 6) is -8.86. The van der Waals surface area contributed by atoms with Gasteiger partial charge >= 0.3 is 5.97 Å². The maximum Gasteiger partial charge on any atom is 0.325 e. The lowest BCUT2D eigenvalue weighted by Gasteiger charge is -2.31. The maximum atomic E-state index is 15.5. The number of phenols is 1. The Kier molecular flexibility index (Phi) is 41.4. The van der Waals surface area contributed by atoms with Gasteiger partial charge in [0.25, 0.3) is 0 Å². The van der Waals surface area contributed by atoms with Gasteiger partial charge in [0, 0.05) is 57.7 Å². The normalized spacial score (nSPS) is 14.9. The van der Waals surface area contributed by atoms with E-state index in [4.69, 9.17) is 0 Å². The number of carboxylic acid groups (broad SMARTS) is 1. The fraction of sp³-hybridized carbons (Fsp3) is 0.511. The van der Waals surface area contributed by atoms with Crippen LogP contribution in [0.4, 0.5) is 0 Å². The summed E-state index contributed by atoms with van der Waals surface area (Å²) in [6, 6.07) is 32.8. The molecule has 0 bridgehead atoms. The first-order valence-electron chi connectivity index (χ1n) is 42.7. The predicted octanol–water partition coefficient (Wildman–Crippen LogP) is 8.55. The van der Waals surface area contributed by atoms with Crippen molar-refractivity contribution in [3.63, 3.8) is 0 Å². The van der Waals surface area contributed by atoms with Crippen LogP contribution in [0.25, 0.3) is 10.8 Å². The van der Waals surface area contributed by atoms with E-state index in [-0.39, 0.29) is 69.7 Å². The highest BCUT2D eigenvalue weighted by Crippen LogP contribution is 2.23. The predicted molar refractivity (Wildman–Crippen MR) is 457 cm³/mol. The Morgan fingerprint density at radius 1 is 0.390 bits per heavy atom. The van der Waals surface area contributed by atoms with Crippen LogP contribution in [0.3, 0.4) is 0 Å². The van der Waals surface area contributed by atoms with Crippen molar-refractivity contribution < 1.29 is 68.1 Å². The summed E-state index contributed by atoms with van der Waals surface area (Å²) in [6.45, 7) is 11.6. The Labute approximate surface area is 695 Å². The number of fused-ring (bicyclic) bond motifs is 1. The van der Waals surface area contributed by atoms with E-state index in [0.29, 0.717) is 73.5 Å². The first-order chi connectivity index (χ1) is 57.0. The zero-order valence-corrected chi connectivity index (χ0v) is 69.7. The number of aliphatic hydroxyl groups excluding tert-OH is 1. The minimum atomic E-state index is -1.78. The molecule has 640 valence electrons. The van der Waals surface area contributed by atoms with Gasteiger partial charge in [0.1, 0.15) is 66.2 Å². The maximum absolute atomic E-state index is 15.5. The van der Waals surface area contributed by atoms with Crippen molar-refractivity contribution in [3.8, 4) is 5.75 Å². The molecular formula is C92H128N12O14. The van der Waals surface area contributed by atoms with Gasteiger partial charge in [-0.1, -0.05) is 225 Å². The van der Waals surface area contributed by atoms with E-state index >= 15 is 19.2 Å². The molecule has 0 aliphatic carbocycles. The lowest BCUT2D eigenvalue weighted by molar-refractivity contribution is -0.144. The largest absolute Gasteiger partial charge is 0.508 e. The molecule has 14 N–H and O–H groups in total. The summed E-state index contributed by atoms with van der Waals surface area (Å²) in [5.41, 5.74) is 3.05. The Morgan fingerprint density at radius 3 is 1.17 bits per heavy atom. The molecule has 26 heteroatoms. The number of carbonyl (C=O) groups is 11. The third kappa shape index (κ3) is 32.7. The van der Waals surface area contributed by atoms with Crippen molar-refractivity contribution in [2.24, 2.45) is 0 Å². The van der Waals surface area contributed by atoms with Crippen LogP contribution >= 0.6 is 0 Å². The number of aliphatic hydroxyl groups is 1. The van der Waals surface area contributed by atoms with Crippen molar-refractivity contribution in [2.45, 2.75) is 275 Å². The number of nitrogens with one attached hydrogen (secondary N) is 11. The van der Waals surface area contributed by atoms with Crippen LogP contribution in [-0.2, 0) is 84.8 Å². The number of unbranched alkanes of at least 4 members (excludes halogenated alkanes) is 6. The summed E-state index contributed by atoms with van der Waals surface area (Å²) >= 11 is 0. The fourth-order valence-corrected chi connectivity index (χ4v) is 14.9. The average molecular weight is 1630 g/mol. The quantitative estimate of drug-likeness (QED) is 0.0159. The molecule has 0 saturated carbocycles. The van der Waals surface area contributed by atoms with Gasteiger partial charge < -0.3 is 78.7 Å². The van der Waals surface area contributed by atoms with Gasteiger partial charge in [0.05, 0.1) is 6.61 Å². The number of aromatic hydroxyl groups is 1. The van der Waals surface area contributed by atoms with Crippen LogP contribution < -0.4 is 58.5 Å². The van der Waals surface area contributed by atoms with Gasteiger partial charge in [0.15, 0.2) is 0 Å². The van der Waals surface area contributed by atoms with Gasteiger partial charge in [-0.3, -0.25) is 52.7 Å². The lowest BCUT2D eigenvalue weighted by Crippen LogP contribution is -2.61. The van der Waals surface area contributed by atoms with Crippen LogP contribution in [0.1, 0.15) is 198 Å². The molecule has 0 unspecified atom stereocenters. The van der Waals surface area contributed by atoms with Gasteiger partial charge in [-0.2, -0.15) is 0 Å². The number of benzene rings is 6. The lowest BCUT2D eigenvalue weighted by atomic mass is 9.99. The molecule has 6 aromatic carbocycles. The van der Waals surface area contributed by atoms with Gasteiger partial charge in [-0.05, 0) is 148 Å². The van der Waals surface area contributed by atoms with Crippen LogP contribution in [0, 0.1) is 0 Å². The SMILES string of the molecule is CCCCC(CCCC)NCCCC[C@H](NC(=O)[C@H](Cc1ccccc1)NC(=O)[C@@H](CCCCNC(CCCC)CCCC)NC(=O)[C@H](Cc1ccc(O)cc1)NC(=O)[C@H](CO)NC(=O)[C@@H](Cc1ccccc1)NC(=O)[C@@H](Cc1ccccc1)NC(=O)[C@@H](Cc1ccc2ccccc2c1)NC(C)=O)C(=O)N1CCC[C@@H]1C(=O)N[C@H](C)C(=O)O. The minimum Gasteiger partial charge on any atom is -0.508 e. The Hall–Kier alpha value is -10.6. The number of rotatable bonds is 54. The van der Waals surface area contributed by atoms with Gasteiger partial charge in [-0.25, -0.2) is 0 Å². The van der Waals surface area contributed by atoms with Crippen molar-refractivity contribution in [1.82, 2.24) is 63.4 Å². The number of aliphatic carboxylic acids is 1. The molecule has 0 aromatic heterocycles. The number of likely N-dealkylation sites (tertiary alicyclic amines) is 1. The fourth-order valence-electron chi connectivity index (χ4n) is 14.9. The van der Waals surface area contributed by atoms with E-state index < -0.39 is 132 Å². The molecule has 1 aliphatic heterocycles. The van der Waals surface area contributed by atoms with Crippen LogP contribution in [0.15, 0.2) is 158 Å². The number of phenolic OH excluding ortho intramolecular Hbond substituents is 1. The second kappa shape index (κ2) is 51.6. The van der Waals surface area contributed by atoms with E-state index in [2.05, 4.69) is 86.2 Å². The molecule has 1 aliphatic rings. The molecule has 6 aromatic rings. The summed E-state index contributed by atoms with van der Waals surface area (Å²) < 4.78 is 0. The third-order valence-corrected chi connectivity index (χ3v) is 21.7. The molecular weight excluding hydrogens is 1500 g/mol. The van der Waals surface area contributed by atoms with Crippen molar-refractivity contribution in [3.05, 3.63) is 186 Å². The highest BCUT2D eigenvalue weighted by Gasteiger charge is 2.41. The second-order valence-corrected chi connectivity index (χ2v) is 31.3. The average Bonchev–Trinajstić information content (AvgIpc) is 1.72. The van der Waals surface area contributed by atoms with E-state index in [0.717, 1.165) is 93.4 Å². The first kappa shape index (κ1) is 94.6. The molecule has 26 nitrogen and oxygen atoms in total. The van der Waals surface area contributed by atoms with Crippen LogP contribution in [-0.4, -0.2) is 184 Å². The van der Waals surface area contributed by atoms with Crippen molar-refractivity contribution in [1.29, 1.82) is 0 Å². The molecule has 1 heterocycles. The molecule has 10 amide bonds. The molecule has 7 rings (SSSR count). The number of carbonyl (C=O) groups excluding carboxylic acids is 10. The second-order valence-electron chi connectivity index (χ2n) is 31.3. The number of hydrogen-bond acceptors (Lipinski definition) is 15. The smallest absolute Gasteiger partial charge is 0.325 e. The van der Waals surface area contributed by atoms with Gasteiger partial charge in [0.2, 0.25) is 59.1 Å². The molecule has 1 fully saturated rings. The molecule has 10 atom stereocenters. The van der Waals surface area contributed by atoms with Crippen LogP contribution in [0.5, 0.6) is 5.75 Å². The highest BCUT2D eigenvalue weighted by atomic mass is 16.4. The van der Waals surface area contributed by atoms with Gasteiger partial charge in [-0.15, -0.1) is 0 Å². The number of hydrogen-bond donors (Lipinski definition) is 14. The Morgan fingerprint density at radius 2 is 0.746 bits per heavy atom. The zero-order valence-electron chi connectivity index (χ0n) is 69.7. The van der Waals surface area contributed by atoms with Crippen molar-refractivity contribution in [2.75, 3.05) is 26.2 Å². The summed E-state index contributed by atoms with van der Waals surface area (Å²) in [6.07, 6.45) is 14.9. The highest BCUT2D eigenvalue weighted by molar-refractivity contribution is 5.99. The Balaban J connectivity index is 1.17. The monoisotopic (exact) mass is 1620 g/mol. The molecule has 118 heavy (non-hydrogen) atoms. The molecule has 0 radical (unpaired) electrons. The molecule has 0 spiro atoms. The summed E-state index contributed by atoms with van der Waals surface area (Å²) in [7, 11) is 0. The number of amides is 10. The van der Waals surface area contributed by atoms with E-state index in [1.165, 1.54) is 43.0 Å². The summed E-state index contributed by atoms with van der Waals surface area (Å²) in [4.78, 5) is 160. The third-order valence-electron chi connectivity index (χ3n) is 21.7. The number of nitrogens with zero attached hydrogens (tertiary/aromatic N) is 1. The Bertz CT molecular complexity index is 4110. The zero-order chi connectivity index (χ0) is 85.1. The van der Waals surface area contributed by atoms with Crippen molar-refractivity contribution >= 4 is 75.8 Å². The summed E-state index contributed by atoms with van der Waals surface area (Å²) in [5, 5.41) is 65.6. The topological polar surface area (TPSA) is 384 Å². The van der Waals surface area contributed by atoms with E-state index in [1.54, 1.807) is 91.0 Å². The van der Waals surface area contributed by atoms with Crippen LogP contribution in [0.2, 0.25) is 0 Å². The van der Waals surface area contributed by atoms with E-state index in [9.17, 15) is 48.9 Å². The van der Waals surface area contributed by atoms with E-state index in [1.807, 2.05) is 42.5 Å². The standard InChI is InChI=1S/C92H128N12O14/c1-7-11-39-71(40-12-8-2)93-52-28-26-43-74(83(108)99-77(56-64-31-18-15-19-32-64)86(111)98-75(44-27-29-53-94-72(41-13-9-3)42-14-10-4)91(116)104-54-30-45-82(104)90(115)95-62(5)92(117)118)97-85(110)80(59-67-47-50-73(107)51-48-67)102-89(114)81(61-105)103-88(113)79(58-66-35-22-17-23-36-66)101-87(112)78(57-65-33-20-16-21-34-65)100-84(109)76(96-63(6)106)60-68-46-49-69-37-24-25-38-70(69)55-68/h15-25,31-38,46-51,55,62,71-72,74-82,93-94,105,107H,7-14,26-30,39-45,52-54,56-61H2,1-6H3,(H,95,115)(H,96,106)(H,97,110)(H,98,111)(H,99,108)(H,100,109)(H,101,112)(H,102,114)(H,103,113)(H,117,118)/t62-,74-,75+,76-,77+,78-,79-,80+,81+,82-/m1/s1. The number of carboxylic acids is 1. The minimum absolute atomic E-state index is 0.0279. The molecule has 1 saturated heterocycles.